The number of amides is 3. The Morgan fingerprint density at radius 3 is 2.47 bits per heavy atom. The zero-order valence-electron chi connectivity index (χ0n) is 19.5. The molecule has 0 aromatic heterocycles. The number of phenols is 1. The van der Waals surface area contributed by atoms with Crippen molar-refractivity contribution in [1.29, 1.82) is 0 Å². The van der Waals surface area contributed by atoms with Crippen LogP contribution in [0.25, 0.3) is 6.08 Å². The zero-order chi connectivity index (χ0) is 26.1. The Labute approximate surface area is 217 Å². The second-order valence-corrected chi connectivity index (χ2v) is 9.45. The van der Waals surface area contributed by atoms with Gasteiger partial charge in [0.2, 0.25) is 5.91 Å². The molecule has 0 bridgehead atoms. The van der Waals surface area contributed by atoms with Crippen molar-refractivity contribution in [3.63, 3.8) is 0 Å². The number of thioether (sulfide) groups is 1. The van der Waals surface area contributed by atoms with E-state index in [1.54, 1.807) is 47.4 Å². The lowest BCUT2D eigenvalue weighted by Gasteiger charge is -2.14. The molecule has 188 valence electrons. The molecule has 1 heterocycles. The number of carbonyl (C=O) groups excluding carboxylic acids is 4. The molecule has 11 heteroatoms. The molecule has 1 aliphatic heterocycles. The summed E-state index contributed by atoms with van der Waals surface area (Å²) in [5, 5.41) is 9.67. The topological polar surface area (TPSA) is 125 Å². The first-order valence-electron chi connectivity index (χ1n) is 11.1. The van der Waals surface area contributed by atoms with Gasteiger partial charge < -0.3 is 9.84 Å². The second-order valence-electron chi connectivity index (χ2n) is 7.78. The van der Waals surface area contributed by atoms with Crippen molar-refractivity contribution in [3.05, 3.63) is 70.1 Å². The Hall–Kier alpha value is -3.70. The van der Waals surface area contributed by atoms with E-state index in [-0.39, 0.29) is 29.5 Å². The minimum absolute atomic E-state index is 0.0635. The molecule has 0 unspecified atom stereocenters. The number of thiocarbonyl (C=S) groups is 1. The summed E-state index contributed by atoms with van der Waals surface area (Å²) in [7, 11) is 1.32. The molecule has 9 nitrogen and oxygen atoms in total. The third kappa shape index (κ3) is 7.15. The fraction of sp³-hybridized carbons (Fsp3) is 0.240. The largest absolute Gasteiger partial charge is 0.507 e. The van der Waals surface area contributed by atoms with Gasteiger partial charge >= 0.3 is 5.97 Å². The number of aromatic hydroxyl groups is 1. The average Bonchev–Trinajstić information content (AvgIpc) is 3.14. The van der Waals surface area contributed by atoms with E-state index in [0.717, 1.165) is 5.56 Å². The normalized spacial score (nSPS) is 14.1. The Bertz CT molecular complexity index is 1200. The monoisotopic (exact) mass is 527 g/mol. The molecule has 0 saturated carbocycles. The SMILES string of the molecule is COC(=O)c1ccc(/C=C2\SC(=S)N(CCCCCC(=O)NNC(=O)c3ccccc3O)C2=O)cc1. The van der Waals surface area contributed by atoms with Crippen LogP contribution in [0.1, 0.15) is 52.0 Å². The van der Waals surface area contributed by atoms with Crippen LogP contribution < -0.4 is 10.9 Å². The van der Waals surface area contributed by atoms with Gasteiger partial charge in [-0.15, -0.1) is 0 Å². The van der Waals surface area contributed by atoms with Crippen LogP contribution in [0.5, 0.6) is 5.75 Å². The van der Waals surface area contributed by atoms with Crippen LogP contribution >= 0.6 is 24.0 Å². The molecule has 3 rings (SSSR count). The molecule has 3 N–H and O–H groups in total. The molecule has 0 radical (unpaired) electrons. The van der Waals surface area contributed by atoms with E-state index in [9.17, 15) is 24.3 Å². The summed E-state index contributed by atoms with van der Waals surface area (Å²) >= 11 is 6.58. The molecule has 2 aromatic rings. The molecule has 1 aliphatic rings. The van der Waals surface area contributed by atoms with Gasteiger partial charge in [0, 0.05) is 13.0 Å². The van der Waals surface area contributed by atoms with Gasteiger partial charge in [-0.3, -0.25) is 30.1 Å². The number of hydrogen-bond donors (Lipinski definition) is 3. The predicted octanol–water partition coefficient (Wildman–Crippen LogP) is 3.40. The molecule has 0 spiro atoms. The number of nitrogens with one attached hydrogen (secondary N) is 2. The maximum atomic E-state index is 12.8. The fourth-order valence-electron chi connectivity index (χ4n) is 3.33. The van der Waals surface area contributed by atoms with E-state index in [0.29, 0.717) is 40.6 Å². The van der Waals surface area contributed by atoms with Crippen molar-refractivity contribution >= 4 is 58.1 Å². The third-order valence-corrected chi connectivity index (χ3v) is 6.63. The smallest absolute Gasteiger partial charge is 0.337 e. The Balaban J connectivity index is 1.39. The number of hydrazine groups is 1. The first-order chi connectivity index (χ1) is 17.3. The summed E-state index contributed by atoms with van der Waals surface area (Å²) in [6.07, 6.45) is 3.83. The first-order valence-corrected chi connectivity index (χ1v) is 12.3. The molecule has 2 aromatic carbocycles. The van der Waals surface area contributed by atoms with Crippen molar-refractivity contribution in [2.45, 2.75) is 25.7 Å². The number of ether oxygens (including phenoxy) is 1. The standard InChI is InChI=1S/C25H25N3O6S2/c1-34-24(33)17-12-10-16(11-13-17)15-20-23(32)28(25(35)36-20)14-6-2-3-9-21(30)26-27-22(31)18-7-4-5-8-19(18)29/h4-5,7-8,10-13,15,29H,2-3,6,9,14H2,1H3,(H,26,30)(H,27,31)/b20-15-. The maximum Gasteiger partial charge on any atom is 0.337 e. The summed E-state index contributed by atoms with van der Waals surface area (Å²) < 4.78 is 5.16. The van der Waals surface area contributed by atoms with Crippen molar-refractivity contribution in [1.82, 2.24) is 15.8 Å². The lowest BCUT2D eigenvalue weighted by Crippen LogP contribution is -2.41. The highest BCUT2D eigenvalue weighted by atomic mass is 32.2. The zero-order valence-corrected chi connectivity index (χ0v) is 21.1. The number of benzene rings is 2. The Morgan fingerprint density at radius 1 is 1.06 bits per heavy atom. The van der Waals surface area contributed by atoms with Crippen LogP contribution in [0.2, 0.25) is 0 Å². The van der Waals surface area contributed by atoms with Crippen molar-refractivity contribution < 1.29 is 29.0 Å². The first kappa shape index (κ1) is 26.9. The highest BCUT2D eigenvalue weighted by Crippen LogP contribution is 2.32. The Morgan fingerprint density at radius 2 is 1.78 bits per heavy atom. The predicted molar refractivity (Wildman–Crippen MR) is 140 cm³/mol. The molecule has 0 aliphatic carbocycles. The van der Waals surface area contributed by atoms with E-state index in [4.69, 9.17) is 12.2 Å². The van der Waals surface area contributed by atoms with E-state index >= 15 is 0 Å². The van der Waals surface area contributed by atoms with Gasteiger partial charge in [0.15, 0.2) is 0 Å². The van der Waals surface area contributed by atoms with Crippen LogP contribution in [-0.4, -0.2) is 51.7 Å². The van der Waals surface area contributed by atoms with Gasteiger partial charge in [0.25, 0.3) is 11.8 Å². The number of rotatable bonds is 9. The molecule has 1 saturated heterocycles. The summed E-state index contributed by atoms with van der Waals surface area (Å²) in [6, 6.07) is 12.7. The molecule has 3 amide bonds. The fourth-order valence-corrected chi connectivity index (χ4v) is 4.64. The van der Waals surface area contributed by atoms with Crippen LogP contribution in [0, 0.1) is 0 Å². The van der Waals surface area contributed by atoms with E-state index in [1.807, 2.05) is 0 Å². The van der Waals surface area contributed by atoms with Gasteiger partial charge in [0.1, 0.15) is 10.1 Å². The molecular formula is C25H25N3O6S2. The summed E-state index contributed by atoms with van der Waals surface area (Å²) in [5.41, 5.74) is 5.85. The number of phenolic OH excluding ortho intramolecular Hbond substituents is 1. The number of unbranched alkanes of at least 4 members (excludes halogenated alkanes) is 2. The number of para-hydroxylation sites is 1. The minimum Gasteiger partial charge on any atom is -0.507 e. The summed E-state index contributed by atoms with van der Waals surface area (Å²) in [5.74, 6) is -1.74. The third-order valence-electron chi connectivity index (χ3n) is 5.25. The Kier molecular flexibility index (Phi) is 9.60. The van der Waals surface area contributed by atoms with Gasteiger partial charge in [0.05, 0.1) is 23.1 Å². The highest BCUT2D eigenvalue weighted by Gasteiger charge is 2.31. The van der Waals surface area contributed by atoms with Crippen LogP contribution in [0.15, 0.2) is 53.4 Å². The maximum absolute atomic E-state index is 12.8. The van der Waals surface area contributed by atoms with Gasteiger partial charge in [-0.2, -0.15) is 0 Å². The van der Waals surface area contributed by atoms with Crippen molar-refractivity contribution in [2.75, 3.05) is 13.7 Å². The quantitative estimate of drug-likeness (QED) is 0.149. The van der Waals surface area contributed by atoms with Gasteiger partial charge in [-0.05, 0) is 48.7 Å². The number of carbonyl (C=O) groups is 4. The molecule has 1 fully saturated rings. The molecule has 0 atom stereocenters. The van der Waals surface area contributed by atoms with Crippen LogP contribution in [-0.2, 0) is 14.3 Å². The highest BCUT2D eigenvalue weighted by molar-refractivity contribution is 8.26. The van der Waals surface area contributed by atoms with E-state index < -0.39 is 11.9 Å². The second kappa shape index (κ2) is 12.8. The number of esters is 1. The summed E-state index contributed by atoms with van der Waals surface area (Å²) in [4.78, 5) is 50.3. The number of hydrogen-bond acceptors (Lipinski definition) is 8. The molecular weight excluding hydrogens is 502 g/mol. The molecule has 36 heavy (non-hydrogen) atoms. The van der Waals surface area contributed by atoms with Crippen LogP contribution in [0.4, 0.5) is 0 Å². The van der Waals surface area contributed by atoms with E-state index in [1.165, 1.54) is 31.0 Å². The average molecular weight is 528 g/mol. The van der Waals surface area contributed by atoms with E-state index in [2.05, 4.69) is 15.6 Å². The lowest BCUT2D eigenvalue weighted by atomic mass is 10.1. The van der Waals surface area contributed by atoms with Gasteiger partial charge in [-0.1, -0.05) is 54.7 Å². The number of methoxy groups -OCH3 is 1. The number of nitrogens with zero attached hydrogens (tertiary/aromatic N) is 1. The van der Waals surface area contributed by atoms with Crippen molar-refractivity contribution in [2.24, 2.45) is 0 Å². The summed E-state index contributed by atoms with van der Waals surface area (Å²) in [6.45, 7) is 0.439. The lowest BCUT2D eigenvalue weighted by molar-refractivity contribution is -0.123. The van der Waals surface area contributed by atoms with Gasteiger partial charge in [-0.25, -0.2) is 4.79 Å². The minimum atomic E-state index is -0.608. The van der Waals surface area contributed by atoms with Crippen molar-refractivity contribution in [3.8, 4) is 5.75 Å². The van der Waals surface area contributed by atoms with Crippen LogP contribution in [0.3, 0.4) is 0 Å².